The maximum absolute atomic E-state index is 11.7. The first-order valence-electron chi connectivity index (χ1n) is 5.00. The molecular formula is C13H12O2S. The van der Waals surface area contributed by atoms with Crippen LogP contribution in [0.3, 0.4) is 0 Å². The van der Waals surface area contributed by atoms with E-state index in [4.69, 9.17) is 4.42 Å². The van der Waals surface area contributed by atoms with E-state index >= 15 is 0 Å². The van der Waals surface area contributed by atoms with Crippen LogP contribution in [0.25, 0.3) is 6.08 Å². The van der Waals surface area contributed by atoms with Crippen molar-refractivity contribution in [3.8, 4) is 0 Å². The lowest BCUT2D eigenvalue weighted by Crippen LogP contribution is -1.90. The minimum atomic E-state index is -0.0964. The van der Waals surface area contributed by atoms with Crippen LogP contribution in [0.15, 0.2) is 34.1 Å². The first-order chi connectivity index (χ1) is 7.66. The van der Waals surface area contributed by atoms with Crippen LogP contribution in [0.2, 0.25) is 0 Å². The molecule has 0 aromatic carbocycles. The third kappa shape index (κ3) is 2.31. The van der Waals surface area contributed by atoms with E-state index in [1.165, 1.54) is 5.56 Å². The molecule has 0 bridgehead atoms. The summed E-state index contributed by atoms with van der Waals surface area (Å²) in [6.07, 6.45) is 3.39. The van der Waals surface area contributed by atoms with Gasteiger partial charge in [0.2, 0.25) is 5.78 Å². The molecule has 2 aromatic heterocycles. The molecule has 16 heavy (non-hydrogen) atoms. The average Bonchev–Trinajstić information content (AvgIpc) is 2.84. The highest BCUT2D eigenvalue weighted by molar-refractivity contribution is 7.11. The van der Waals surface area contributed by atoms with Gasteiger partial charge in [-0.2, -0.15) is 0 Å². The molecule has 0 N–H and O–H groups in total. The van der Waals surface area contributed by atoms with Gasteiger partial charge in [-0.05, 0) is 55.1 Å². The minimum absolute atomic E-state index is 0.0964. The summed E-state index contributed by atoms with van der Waals surface area (Å²) < 4.78 is 5.25. The van der Waals surface area contributed by atoms with Crippen LogP contribution in [0.5, 0.6) is 0 Å². The summed E-state index contributed by atoms with van der Waals surface area (Å²) in [6, 6.07) is 5.52. The van der Waals surface area contributed by atoms with Gasteiger partial charge in [0.05, 0.1) is 0 Å². The normalized spacial score (nSPS) is 11.1. The molecule has 0 atom stereocenters. The van der Waals surface area contributed by atoms with E-state index in [1.807, 2.05) is 31.4 Å². The highest BCUT2D eigenvalue weighted by atomic mass is 32.1. The Morgan fingerprint density at radius 3 is 2.69 bits per heavy atom. The number of furan rings is 1. The van der Waals surface area contributed by atoms with Gasteiger partial charge in [0.25, 0.3) is 0 Å². The number of carbonyl (C=O) groups is 1. The highest BCUT2D eigenvalue weighted by Crippen LogP contribution is 2.17. The number of aryl methyl sites for hydroxylation is 2. The van der Waals surface area contributed by atoms with Crippen molar-refractivity contribution < 1.29 is 9.21 Å². The Labute approximate surface area is 98.2 Å². The Hall–Kier alpha value is -1.61. The minimum Gasteiger partial charge on any atom is -0.458 e. The number of allylic oxidation sites excluding steroid dienone is 1. The van der Waals surface area contributed by atoms with Crippen LogP contribution in [-0.4, -0.2) is 5.78 Å². The lowest BCUT2D eigenvalue weighted by Gasteiger charge is -1.90. The first-order valence-corrected chi connectivity index (χ1v) is 5.88. The van der Waals surface area contributed by atoms with Crippen LogP contribution in [0, 0.1) is 13.8 Å². The smallest absolute Gasteiger partial charge is 0.221 e. The summed E-state index contributed by atoms with van der Waals surface area (Å²) in [5, 5.41) is 2.01. The van der Waals surface area contributed by atoms with Crippen LogP contribution >= 0.6 is 11.3 Å². The van der Waals surface area contributed by atoms with Gasteiger partial charge in [-0.15, -0.1) is 11.3 Å². The van der Waals surface area contributed by atoms with Crippen LogP contribution < -0.4 is 0 Å². The largest absolute Gasteiger partial charge is 0.458 e. The van der Waals surface area contributed by atoms with E-state index < -0.39 is 0 Å². The SMILES string of the molecule is Cc1ccc(C(=O)C=Cc2sccc2C)o1. The molecule has 0 unspecified atom stereocenters. The third-order valence-electron chi connectivity index (χ3n) is 2.27. The summed E-state index contributed by atoms with van der Waals surface area (Å²) in [7, 11) is 0. The topological polar surface area (TPSA) is 30.2 Å². The molecule has 0 aliphatic rings. The first kappa shape index (κ1) is 10.9. The Bertz CT molecular complexity index is 532. The second kappa shape index (κ2) is 4.49. The summed E-state index contributed by atoms with van der Waals surface area (Å²) in [5.41, 5.74) is 1.18. The zero-order chi connectivity index (χ0) is 11.5. The second-order valence-electron chi connectivity index (χ2n) is 3.58. The zero-order valence-electron chi connectivity index (χ0n) is 9.19. The lowest BCUT2D eigenvalue weighted by molar-refractivity contribution is 0.102. The second-order valence-corrected chi connectivity index (χ2v) is 4.52. The predicted octanol–water partition coefficient (Wildman–Crippen LogP) is 3.85. The van der Waals surface area contributed by atoms with Gasteiger partial charge in [-0.1, -0.05) is 0 Å². The summed E-state index contributed by atoms with van der Waals surface area (Å²) in [4.78, 5) is 12.8. The number of ketones is 1. The molecule has 0 fully saturated rings. The molecule has 0 saturated carbocycles. The zero-order valence-corrected chi connectivity index (χ0v) is 10.0. The molecule has 0 aliphatic heterocycles. The Morgan fingerprint density at radius 2 is 2.12 bits per heavy atom. The van der Waals surface area contributed by atoms with Gasteiger partial charge < -0.3 is 4.42 Å². The van der Waals surface area contributed by atoms with Crippen molar-refractivity contribution in [1.29, 1.82) is 0 Å². The molecule has 0 spiro atoms. The van der Waals surface area contributed by atoms with Gasteiger partial charge in [-0.25, -0.2) is 0 Å². The predicted molar refractivity (Wildman–Crippen MR) is 65.9 cm³/mol. The van der Waals surface area contributed by atoms with Gasteiger partial charge in [-0.3, -0.25) is 4.79 Å². The van der Waals surface area contributed by atoms with Crippen molar-refractivity contribution in [2.45, 2.75) is 13.8 Å². The number of hydrogen-bond donors (Lipinski definition) is 0. The van der Waals surface area contributed by atoms with E-state index in [0.717, 1.165) is 10.6 Å². The van der Waals surface area contributed by atoms with Gasteiger partial charge in [0, 0.05) is 4.88 Å². The molecule has 0 aliphatic carbocycles. The maximum atomic E-state index is 11.7. The number of carbonyl (C=O) groups excluding carboxylic acids is 1. The number of thiophene rings is 1. The molecule has 82 valence electrons. The third-order valence-corrected chi connectivity index (χ3v) is 3.26. The standard InChI is InChI=1S/C13H12O2S/c1-9-7-8-16-13(9)6-4-11(14)12-5-3-10(2)15-12/h3-8H,1-2H3. The molecule has 0 amide bonds. The van der Waals surface area contributed by atoms with Gasteiger partial charge in [0.15, 0.2) is 5.76 Å². The van der Waals surface area contributed by atoms with Crippen molar-refractivity contribution in [2.75, 3.05) is 0 Å². The Kier molecular flexibility index (Phi) is 3.06. The van der Waals surface area contributed by atoms with Crippen molar-refractivity contribution >= 4 is 23.2 Å². The van der Waals surface area contributed by atoms with Crippen molar-refractivity contribution in [1.82, 2.24) is 0 Å². The molecule has 2 aromatic rings. The van der Waals surface area contributed by atoms with Crippen molar-refractivity contribution in [3.05, 3.63) is 51.6 Å². The molecule has 0 radical (unpaired) electrons. The van der Waals surface area contributed by atoms with E-state index in [2.05, 4.69) is 0 Å². The fraction of sp³-hybridized carbons (Fsp3) is 0.154. The van der Waals surface area contributed by atoms with E-state index in [0.29, 0.717) is 5.76 Å². The fourth-order valence-electron chi connectivity index (χ4n) is 1.36. The molecule has 0 saturated heterocycles. The van der Waals surface area contributed by atoms with Crippen molar-refractivity contribution in [2.24, 2.45) is 0 Å². The summed E-state index contributed by atoms with van der Waals surface area (Å²) in [6.45, 7) is 3.85. The average molecular weight is 232 g/mol. The van der Waals surface area contributed by atoms with E-state index in [-0.39, 0.29) is 5.78 Å². The van der Waals surface area contributed by atoms with Crippen LogP contribution in [0.4, 0.5) is 0 Å². The van der Waals surface area contributed by atoms with Crippen molar-refractivity contribution in [3.63, 3.8) is 0 Å². The monoisotopic (exact) mass is 232 g/mol. The van der Waals surface area contributed by atoms with Gasteiger partial charge >= 0.3 is 0 Å². The molecule has 2 rings (SSSR count). The summed E-state index contributed by atoms with van der Waals surface area (Å²) in [5.74, 6) is 1.05. The maximum Gasteiger partial charge on any atom is 0.221 e. The fourth-order valence-corrected chi connectivity index (χ4v) is 2.17. The highest BCUT2D eigenvalue weighted by Gasteiger charge is 2.06. The van der Waals surface area contributed by atoms with Gasteiger partial charge in [0.1, 0.15) is 5.76 Å². The molecule has 2 heterocycles. The Morgan fingerprint density at radius 1 is 1.31 bits per heavy atom. The van der Waals surface area contributed by atoms with E-state index in [9.17, 15) is 4.79 Å². The van der Waals surface area contributed by atoms with E-state index in [1.54, 1.807) is 29.5 Å². The molecular weight excluding hydrogens is 220 g/mol. The lowest BCUT2D eigenvalue weighted by atomic mass is 10.2. The number of rotatable bonds is 3. The number of hydrogen-bond acceptors (Lipinski definition) is 3. The molecule has 2 nitrogen and oxygen atoms in total. The summed E-state index contributed by atoms with van der Waals surface area (Å²) >= 11 is 1.62. The van der Waals surface area contributed by atoms with Crippen LogP contribution in [-0.2, 0) is 0 Å². The Balaban J connectivity index is 2.14. The molecule has 3 heteroatoms. The quantitative estimate of drug-likeness (QED) is 0.594. The van der Waals surface area contributed by atoms with Crippen LogP contribution in [0.1, 0.15) is 26.8 Å².